The van der Waals surface area contributed by atoms with Crippen molar-refractivity contribution in [3.63, 3.8) is 0 Å². The first-order valence-corrected chi connectivity index (χ1v) is 10.1. The second-order valence-electron chi connectivity index (χ2n) is 6.78. The summed E-state index contributed by atoms with van der Waals surface area (Å²) in [6.07, 6.45) is 3.51. The van der Waals surface area contributed by atoms with Crippen LogP contribution in [0.2, 0.25) is 10.0 Å². The predicted molar refractivity (Wildman–Crippen MR) is 110 cm³/mol. The third-order valence-electron chi connectivity index (χ3n) is 4.83. The molecule has 1 amide bonds. The highest BCUT2D eigenvalue weighted by atomic mass is 35.5. The smallest absolute Gasteiger partial charge is 0.233 e. The molecule has 2 aromatic rings. The van der Waals surface area contributed by atoms with Crippen molar-refractivity contribution in [2.75, 3.05) is 13.1 Å². The molecule has 7 heteroatoms. The van der Waals surface area contributed by atoms with Crippen molar-refractivity contribution < 1.29 is 4.79 Å². The van der Waals surface area contributed by atoms with Crippen LogP contribution in [-0.2, 0) is 4.79 Å². The van der Waals surface area contributed by atoms with Crippen molar-refractivity contribution in [1.82, 2.24) is 14.7 Å². The molecule has 5 nitrogen and oxygen atoms in total. The summed E-state index contributed by atoms with van der Waals surface area (Å²) >= 11 is 12.8. The average Bonchev–Trinajstić information content (AvgIpc) is 3.10. The maximum absolute atomic E-state index is 13.5. The van der Waals surface area contributed by atoms with E-state index in [1.165, 1.54) is 0 Å². The van der Waals surface area contributed by atoms with E-state index < -0.39 is 5.92 Å². The minimum absolute atomic E-state index is 0.0575. The van der Waals surface area contributed by atoms with Gasteiger partial charge in [0.15, 0.2) is 5.82 Å². The van der Waals surface area contributed by atoms with Gasteiger partial charge in [-0.15, -0.1) is 0 Å². The molecule has 3 rings (SSSR count). The van der Waals surface area contributed by atoms with Crippen LogP contribution < -0.4 is 0 Å². The predicted octanol–water partition coefficient (Wildman–Crippen LogP) is 5.15. The van der Waals surface area contributed by atoms with E-state index in [-0.39, 0.29) is 11.9 Å². The van der Waals surface area contributed by atoms with E-state index in [4.69, 9.17) is 23.2 Å². The SMILES string of the molecule is CCCN(CCC)C(=O)C1C(C)=Nc2ccnn2C1c1cccc(Cl)c1Cl. The number of halogens is 2. The van der Waals surface area contributed by atoms with Gasteiger partial charge in [0.2, 0.25) is 5.91 Å². The molecule has 0 N–H and O–H groups in total. The molecule has 2 heterocycles. The number of aliphatic imine (C=N–C) groups is 1. The van der Waals surface area contributed by atoms with Gasteiger partial charge in [0.05, 0.1) is 22.3 Å². The molecule has 0 bridgehead atoms. The van der Waals surface area contributed by atoms with Crippen molar-refractivity contribution in [1.29, 1.82) is 0 Å². The summed E-state index contributed by atoms with van der Waals surface area (Å²) in [5, 5.41) is 5.36. The largest absolute Gasteiger partial charge is 0.342 e. The zero-order valence-corrected chi connectivity index (χ0v) is 17.3. The van der Waals surface area contributed by atoms with Crippen LogP contribution in [0.25, 0.3) is 0 Å². The van der Waals surface area contributed by atoms with Crippen LogP contribution in [0.15, 0.2) is 35.5 Å². The van der Waals surface area contributed by atoms with Crippen molar-refractivity contribution in [2.24, 2.45) is 10.9 Å². The minimum atomic E-state index is -0.466. The van der Waals surface area contributed by atoms with Gasteiger partial charge in [0.1, 0.15) is 5.92 Å². The summed E-state index contributed by atoms with van der Waals surface area (Å²) < 4.78 is 1.78. The van der Waals surface area contributed by atoms with E-state index in [0.29, 0.717) is 10.0 Å². The number of hydrogen-bond acceptors (Lipinski definition) is 3. The highest BCUT2D eigenvalue weighted by Crippen LogP contribution is 2.41. The topological polar surface area (TPSA) is 50.5 Å². The van der Waals surface area contributed by atoms with Crippen LogP contribution in [0.5, 0.6) is 0 Å². The Morgan fingerprint density at radius 2 is 1.89 bits per heavy atom. The van der Waals surface area contributed by atoms with Crippen LogP contribution >= 0.6 is 23.2 Å². The number of rotatable bonds is 6. The molecule has 0 saturated carbocycles. The summed E-state index contributed by atoms with van der Waals surface area (Å²) in [4.78, 5) is 20.1. The van der Waals surface area contributed by atoms with Gasteiger partial charge in [-0.2, -0.15) is 5.10 Å². The van der Waals surface area contributed by atoms with Crippen molar-refractivity contribution >= 4 is 40.6 Å². The monoisotopic (exact) mass is 406 g/mol. The lowest BCUT2D eigenvalue weighted by Crippen LogP contribution is -2.45. The summed E-state index contributed by atoms with van der Waals surface area (Å²) in [6, 6.07) is 6.98. The van der Waals surface area contributed by atoms with Gasteiger partial charge in [-0.05, 0) is 31.4 Å². The van der Waals surface area contributed by atoms with E-state index in [0.717, 1.165) is 43.0 Å². The van der Waals surface area contributed by atoms with E-state index >= 15 is 0 Å². The van der Waals surface area contributed by atoms with Crippen LogP contribution in [0.3, 0.4) is 0 Å². The Hall–Kier alpha value is -1.85. The molecule has 0 saturated heterocycles. The second kappa shape index (κ2) is 8.44. The third kappa shape index (κ3) is 3.76. The number of hydrogen-bond donors (Lipinski definition) is 0. The Balaban J connectivity index is 2.12. The van der Waals surface area contributed by atoms with Crippen molar-refractivity contribution in [3.05, 3.63) is 46.1 Å². The molecule has 1 aliphatic rings. The molecular weight excluding hydrogens is 383 g/mol. The number of carbonyl (C=O) groups excluding carboxylic acids is 1. The van der Waals surface area contributed by atoms with Gasteiger partial charge in [0, 0.05) is 24.9 Å². The molecule has 1 aromatic carbocycles. The molecule has 2 unspecified atom stereocenters. The standard InChI is InChI=1S/C20H24Cl2N4O/c1-4-11-25(12-5-2)20(27)17-13(3)24-16-9-10-23-26(16)19(17)14-7-6-8-15(21)18(14)22/h6-10,17,19H,4-5,11-12H2,1-3H3. The zero-order chi connectivity index (χ0) is 19.6. The zero-order valence-electron chi connectivity index (χ0n) is 15.8. The van der Waals surface area contributed by atoms with Crippen molar-refractivity contribution in [2.45, 2.75) is 39.7 Å². The van der Waals surface area contributed by atoms with Gasteiger partial charge in [0.25, 0.3) is 0 Å². The van der Waals surface area contributed by atoms with E-state index in [2.05, 4.69) is 23.9 Å². The fourth-order valence-corrected chi connectivity index (χ4v) is 4.09. The van der Waals surface area contributed by atoms with E-state index in [9.17, 15) is 4.79 Å². The molecule has 1 aromatic heterocycles. The Morgan fingerprint density at radius 3 is 2.56 bits per heavy atom. The van der Waals surface area contributed by atoms with Gasteiger partial charge < -0.3 is 4.90 Å². The fourth-order valence-electron chi connectivity index (χ4n) is 3.67. The van der Waals surface area contributed by atoms with E-state index in [1.807, 2.05) is 30.0 Å². The van der Waals surface area contributed by atoms with Gasteiger partial charge >= 0.3 is 0 Å². The first-order valence-electron chi connectivity index (χ1n) is 9.30. The molecule has 2 atom stereocenters. The molecule has 27 heavy (non-hydrogen) atoms. The first kappa shape index (κ1) is 19.9. The Labute approximate surface area is 170 Å². The maximum atomic E-state index is 13.5. The summed E-state index contributed by atoms with van der Waals surface area (Å²) in [5.41, 5.74) is 1.56. The number of nitrogens with zero attached hydrogens (tertiary/aromatic N) is 4. The van der Waals surface area contributed by atoms with Crippen LogP contribution in [0.4, 0.5) is 5.82 Å². The second-order valence-corrected chi connectivity index (χ2v) is 7.56. The third-order valence-corrected chi connectivity index (χ3v) is 5.67. The Bertz CT molecular complexity index is 855. The Morgan fingerprint density at radius 1 is 1.19 bits per heavy atom. The quantitative estimate of drug-likeness (QED) is 0.665. The van der Waals surface area contributed by atoms with Crippen molar-refractivity contribution in [3.8, 4) is 0 Å². The van der Waals surface area contributed by atoms with Crippen LogP contribution in [0, 0.1) is 5.92 Å². The molecule has 144 valence electrons. The van der Waals surface area contributed by atoms with Crippen LogP contribution in [-0.4, -0.2) is 39.4 Å². The first-order chi connectivity index (χ1) is 13.0. The summed E-state index contributed by atoms with van der Waals surface area (Å²) in [5.74, 6) is 0.309. The molecule has 0 fully saturated rings. The normalized spacial score (nSPS) is 18.8. The summed E-state index contributed by atoms with van der Waals surface area (Å²) in [6.45, 7) is 7.50. The lowest BCUT2D eigenvalue weighted by Gasteiger charge is -2.35. The number of aromatic nitrogens is 2. The Kier molecular flexibility index (Phi) is 6.22. The number of fused-ring (bicyclic) bond motifs is 1. The molecule has 0 aliphatic carbocycles. The van der Waals surface area contributed by atoms with E-state index in [1.54, 1.807) is 16.9 Å². The summed E-state index contributed by atoms with van der Waals surface area (Å²) in [7, 11) is 0. The molecule has 0 radical (unpaired) electrons. The van der Waals surface area contributed by atoms with Gasteiger partial charge in [-0.25, -0.2) is 9.67 Å². The fraction of sp³-hybridized carbons (Fsp3) is 0.450. The van der Waals surface area contributed by atoms with Gasteiger partial charge in [-0.1, -0.05) is 49.2 Å². The number of benzene rings is 1. The average molecular weight is 407 g/mol. The molecule has 0 spiro atoms. The maximum Gasteiger partial charge on any atom is 0.233 e. The number of carbonyl (C=O) groups is 1. The minimum Gasteiger partial charge on any atom is -0.342 e. The van der Waals surface area contributed by atoms with Crippen LogP contribution in [0.1, 0.15) is 45.2 Å². The lowest BCUT2D eigenvalue weighted by molar-refractivity contribution is -0.134. The highest BCUT2D eigenvalue weighted by molar-refractivity contribution is 6.42. The highest BCUT2D eigenvalue weighted by Gasteiger charge is 2.40. The lowest BCUT2D eigenvalue weighted by atomic mass is 9.87. The molecule has 1 aliphatic heterocycles. The number of amides is 1. The molecular formula is C20H24Cl2N4O. The van der Waals surface area contributed by atoms with Gasteiger partial charge in [-0.3, -0.25) is 4.79 Å².